The van der Waals surface area contributed by atoms with E-state index in [1.807, 2.05) is 12.2 Å². The van der Waals surface area contributed by atoms with Crippen molar-refractivity contribution in [3.63, 3.8) is 0 Å². The number of phosphoric acid groups is 1. The SMILES string of the molecule is CCCCC/C=C\C/C=C\C/C=C\C=C\C(=O)CCCC(=O)OC[C@H](COP(=O)(O)O)OC(=O)CCCCCCCCCC(C)C. The van der Waals surface area contributed by atoms with Crippen LogP contribution in [-0.2, 0) is 32.9 Å². The molecule has 0 amide bonds. The molecule has 0 saturated carbocycles. The maximum atomic E-state index is 12.3. The molecule has 0 aliphatic carbocycles. The quantitative estimate of drug-likeness (QED) is 0.0192. The first-order chi connectivity index (χ1) is 22.0. The molecule has 0 aliphatic heterocycles. The number of hydrogen-bond acceptors (Lipinski definition) is 7. The summed E-state index contributed by atoms with van der Waals surface area (Å²) in [6.45, 7) is 5.65. The topological polar surface area (TPSA) is 136 Å². The van der Waals surface area contributed by atoms with Gasteiger partial charge in [0.2, 0.25) is 0 Å². The molecule has 0 unspecified atom stereocenters. The number of carbonyl (C=O) groups is 3. The van der Waals surface area contributed by atoms with Crippen molar-refractivity contribution in [1.82, 2.24) is 0 Å². The smallest absolute Gasteiger partial charge is 0.462 e. The van der Waals surface area contributed by atoms with E-state index in [9.17, 15) is 18.9 Å². The van der Waals surface area contributed by atoms with Crippen molar-refractivity contribution in [1.29, 1.82) is 0 Å². The zero-order valence-electron chi connectivity index (χ0n) is 28.6. The van der Waals surface area contributed by atoms with Crippen LogP contribution in [0.25, 0.3) is 0 Å². The molecule has 0 aromatic rings. The predicted molar refractivity (Wildman–Crippen MR) is 184 cm³/mol. The number of ether oxygens (including phenoxy) is 2. The van der Waals surface area contributed by atoms with Crippen molar-refractivity contribution in [2.45, 2.75) is 142 Å². The fourth-order valence-electron chi connectivity index (χ4n) is 4.39. The molecule has 0 aromatic heterocycles. The fraction of sp³-hybridized carbons (Fsp3) is 0.694. The number of esters is 2. The summed E-state index contributed by atoms with van der Waals surface area (Å²) >= 11 is 0. The van der Waals surface area contributed by atoms with Gasteiger partial charge in [-0.15, -0.1) is 0 Å². The molecule has 0 radical (unpaired) electrons. The summed E-state index contributed by atoms with van der Waals surface area (Å²) < 4.78 is 26.0. The van der Waals surface area contributed by atoms with Crippen molar-refractivity contribution in [3.8, 4) is 0 Å². The average molecular weight is 669 g/mol. The Balaban J connectivity index is 4.24. The van der Waals surface area contributed by atoms with Gasteiger partial charge in [-0.2, -0.15) is 0 Å². The van der Waals surface area contributed by atoms with Crippen LogP contribution < -0.4 is 0 Å². The molecule has 0 bridgehead atoms. The van der Waals surface area contributed by atoms with Gasteiger partial charge in [0.1, 0.15) is 6.61 Å². The number of carbonyl (C=O) groups excluding carboxylic acids is 3. The lowest BCUT2D eigenvalue weighted by Gasteiger charge is -2.18. The minimum atomic E-state index is -4.80. The number of rotatable bonds is 30. The zero-order chi connectivity index (χ0) is 34.3. The number of ketones is 1. The van der Waals surface area contributed by atoms with Gasteiger partial charge in [-0.05, 0) is 50.5 Å². The van der Waals surface area contributed by atoms with E-state index in [1.54, 1.807) is 6.08 Å². The van der Waals surface area contributed by atoms with Gasteiger partial charge in [-0.25, -0.2) is 4.57 Å². The molecule has 2 N–H and O–H groups in total. The van der Waals surface area contributed by atoms with Gasteiger partial charge >= 0.3 is 19.8 Å². The second-order valence-electron chi connectivity index (χ2n) is 12.0. The van der Waals surface area contributed by atoms with Gasteiger partial charge < -0.3 is 19.3 Å². The number of hydrogen-bond donors (Lipinski definition) is 2. The molecule has 264 valence electrons. The Morgan fingerprint density at radius 2 is 1.33 bits per heavy atom. The Labute approximate surface area is 278 Å². The van der Waals surface area contributed by atoms with Crippen molar-refractivity contribution in [3.05, 3.63) is 48.6 Å². The van der Waals surface area contributed by atoms with E-state index in [1.165, 1.54) is 51.0 Å². The van der Waals surface area contributed by atoms with E-state index in [0.717, 1.165) is 44.4 Å². The summed E-state index contributed by atoms with van der Waals surface area (Å²) in [5, 5.41) is 0. The van der Waals surface area contributed by atoms with E-state index in [0.29, 0.717) is 6.42 Å². The third-order valence-electron chi connectivity index (χ3n) is 7.00. The van der Waals surface area contributed by atoms with Gasteiger partial charge in [0, 0.05) is 19.3 Å². The van der Waals surface area contributed by atoms with E-state index in [2.05, 4.69) is 49.6 Å². The summed E-state index contributed by atoms with van der Waals surface area (Å²) in [4.78, 5) is 54.5. The minimum absolute atomic E-state index is 0.0231. The highest BCUT2D eigenvalue weighted by Gasteiger charge is 2.23. The van der Waals surface area contributed by atoms with Crippen LogP contribution in [0.5, 0.6) is 0 Å². The molecule has 0 rings (SSSR count). The van der Waals surface area contributed by atoms with Crippen molar-refractivity contribution >= 4 is 25.5 Å². The highest BCUT2D eigenvalue weighted by Crippen LogP contribution is 2.35. The van der Waals surface area contributed by atoms with Crippen LogP contribution in [0, 0.1) is 5.92 Å². The summed E-state index contributed by atoms with van der Waals surface area (Å²) in [5.74, 6) is -0.531. The highest BCUT2D eigenvalue weighted by molar-refractivity contribution is 7.46. The van der Waals surface area contributed by atoms with E-state index in [4.69, 9.17) is 19.3 Å². The van der Waals surface area contributed by atoms with Gasteiger partial charge in [0.05, 0.1) is 6.61 Å². The fourth-order valence-corrected chi connectivity index (χ4v) is 4.75. The molecule has 0 spiro atoms. The maximum Gasteiger partial charge on any atom is 0.469 e. The zero-order valence-corrected chi connectivity index (χ0v) is 29.5. The lowest BCUT2D eigenvalue weighted by Crippen LogP contribution is -2.29. The van der Waals surface area contributed by atoms with Crippen LogP contribution in [0.2, 0.25) is 0 Å². The normalized spacial score (nSPS) is 13.1. The van der Waals surface area contributed by atoms with E-state index < -0.39 is 39.1 Å². The third kappa shape index (κ3) is 33.1. The summed E-state index contributed by atoms with van der Waals surface area (Å²) in [5.41, 5.74) is 0. The molecule has 46 heavy (non-hydrogen) atoms. The second-order valence-corrected chi connectivity index (χ2v) is 13.2. The third-order valence-corrected chi connectivity index (χ3v) is 7.49. The summed E-state index contributed by atoms with van der Waals surface area (Å²) in [6.07, 6.45) is 30.1. The Bertz CT molecular complexity index is 963. The first-order valence-electron chi connectivity index (χ1n) is 17.2. The molecular weight excluding hydrogens is 607 g/mol. The van der Waals surface area contributed by atoms with E-state index >= 15 is 0 Å². The van der Waals surface area contributed by atoms with Crippen molar-refractivity contribution < 1.29 is 42.7 Å². The number of unbranched alkanes of at least 4 members (excludes halogenated alkanes) is 9. The largest absolute Gasteiger partial charge is 0.469 e. The molecule has 0 aromatic carbocycles. The average Bonchev–Trinajstić information content (AvgIpc) is 2.99. The van der Waals surface area contributed by atoms with Crippen LogP contribution in [0.4, 0.5) is 0 Å². The monoisotopic (exact) mass is 668 g/mol. The van der Waals surface area contributed by atoms with Gasteiger partial charge in [0.25, 0.3) is 0 Å². The summed E-state index contributed by atoms with van der Waals surface area (Å²) in [6, 6.07) is 0. The molecule has 0 fully saturated rings. The lowest BCUT2D eigenvalue weighted by molar-refractivity contribution is -0.161. The highest BCUT2D eigenvalue weighted by atomic mass is 31.2. The molecule has 10 heteroatoms. The lowest BCUT2D eigenvalue weighted by atomic mass is 10.0. The predicted octanol–water partition coefficient (Wildman–Crippen LogP) is 9.04. The Hall–Kier alpha value is -2.32. The Kier molecular flexibility index (Phi) is 28.5. The van der Waals surface area contributed by atoms with Crippen LogP contribution in [-0.4, -0.2) is 46.8 Å². The van der Waals surface area contributed by atoms with Gasteiger partial charge in [-0.1, -0.05) is 121 Å². The second kappa shape index (κ2) is 30.0. The molecule has 0 heterocycles. The maximum absolute atomic E-state index is 12.3. The molecule has 0 saturated heterocycles. The Morgan fingerprint density at radius 1 is 0.696 bits per heavy atom. The van der Waals surface area contributed by atoms with Crippen LogP contribution in [0.1, 0.15) is 136 Å². The molecular formula is C36H61O9P. The number of phosphoric ester groups is 1. The van der Waals surface area contributed by atoms with Crippen molar-refractivity contribution in [2.24, 2.45) is 5.92 Å². The summed E-state index contributed by atoms with van der Waals surface area (Å²) in [7, 11) is -4.80. The van der Waals surface area contributed by atoms with Gasteiger partial charge in [-0.3, -0.25) is 18.9 Å². The molecule has 1 atom stereocenters. The molecule has 0 aliphatic rings. The van der Waals surface area contributed by atoms with Crippen LogP contribution in [0.15, 0.2) is 48.6 Å². The van der Waals surface area contributed by atoms with Crippen LogP contribution >= 0.6 is 7.82 Å². The Morgan fingerprint density at radius 3 is 2.00 bits per heavy atom. The van der Waals surface area contributed by atoms with E-state index in [-0.39, 0.29) is 31.5 Å². The standard InChI is InChI=1S/C36H61O9P/c1-4-5-6-7-8-9-10-11-12-13-16-19-22-26-33(37)27-24-29-35(38)43-30-34(31-44-46(40,41)42)45-36(39)28-23-20-17-14-15-18-21-25-32(2)3/h8-9,11-12,16,19,22,26,32,34H,4-7,10,13-15,17-18,20-21,23-25,27-31H2,1-3H3,(H2,40,41,42)/b9-8-,12-11-,19-16-,26-22+/t34-/m1/s1. The van der Waals surface area contributed by atoms with Crippen molar-refractivity contribution in [2.75, 3.05) is 13.2 Å². The molecule has 9 nitrogen and oxygen atoms in total. The first kappa shape index (κ1) is 43.7. The minimum Gasteiger partial charge on any atom is -0.462 e. The van der Waals surface area contributed by atoms with Gasteiger partial charge in [0.15, 0.2) is 11.9 Å². The first-order valence-corrected chi connectivity index (χ1v) is 18.8. The number of allylic oxidation sites excluding steroid dienone is 8. The van der Waals surface area contributed by atoms with Crippen LogP contribution in [0.3, 0.4) is 0 Å².